The van der Waals surface area contributed by atoms with Gasteiger partial charge < -0.3 is 10.4 Å². The van der Waals surface area contributed by atoms with Crippen molar-refractivity contribution in [3.63, 3.8) is 0 Å². The third-order valence-electron chi connectivity index (χ3n) is 3.20. The zero-order chi connectivity index (χ0) is 15.1. The van der Waals surface area contributed by atoms with Crippen molar-refractivity contribution in [3.05, 3.63) is 5.82 Å². The van der Waals surface area contributed by atoms with Crippen molar-refractivity contribution in [1.29, 1.82) is 0 Å². The minimum absolute atomic E-state index is 0.0633. The first-order chi connectivity index (χ1) is 8.38. The molecule has 19 heavy (non-hydrogen) atoms. The van der Waals surface area contributed by atoms with Crippen LogP contribution in [0, 0.1) is 5.41 Å². The van der Waals surface area contributed by atoms with Gasteiger partial charge in [0, 0.05) is 17.1 Å². The predicted octanol–water partition coefficient (Wildman–Crippen LogP) is 2.86. The number of aliphatic carboxylic acids is 1. The van der Waals surface area contributed by atoms with Gasteiger partial charge in [-0.1, -0.05) is 0 Å². The summed E-state index contributed by atoms with van der Waals surface area (Å²) in [4.78, 5) is 14.5. The van der Waals surface area contributed by atoms with Gasteiger partial charge in [0.05, 0.1) is 5.41 Å². The van der Waals surface area contributed by atoms with Gasteiger partial charge >= 0.3 is 12.1 Å². The number of carbonyl (C=O) groups is 1. The van der Waals surface area contributed by atoms with Crippen LogP contribution in [0.15, 0.2) is 0 Å². The van der Waals surface area contributed by atoms with Gasteiger partial charge in [0.25, 0.3) is 0 Å². The fourth-order valence-corrected chi connectivity index (χ4v) is 1.83. The van der Waals surface area contributed by atoms with E-state index in [9.17, 15) is 18.0 Å². The molecule has 5 nitrogen and oxygen atoms in total. The van der Waals surface area contributed by atoms with Crippen LogP contribution in [0.25, 0.3) is 0 Å². The zero-order valence-electron chi connectivity index (χ0n) is 10.8. The quantitative estimate of drug-likeness (QED) is 0.893. The van der Waals surface area contributed by atoms with E-state index >= 15 is 0 Å². The number of rotatable bonds is 4. The van der Waals surface area contributed by atoms with Gasteiger partial charge in [0.1, 0.15) is 0 Å². The molecule has 0 fully saturated rings. The van der Waals surface area contributed by atoms with E-state index < -0.39 is 28.9 Å². The molecule has 0 aliphatic rings. The number of aromatic nitrogens is 2. The van der Waals surface area contributed by atoms with Crippen molar-refractivity contribution in [2.45, 2.75) is 39.4 Å². The fraction of sp³-hybridized carbons (Fsp3) is 0.700. The summed E-state index contributed by atoms with van der Waals surface area (Å²) in [5.74, 6) is -2.30. The molecule has 0 aliphatic carbocycles. The third kappa shape index (κ3) is 3.14. The molecule has 0 bridgehead atoms. The molecule has 1 rings (SSSR count). The molecule has 0 aromatic carbocycles. The van der Waals surface area contributed by atoms with Crippen molar-refractivity contribution in [3.8, 4) is 0 Å². The molecular weight excluding hydrogens is 283 g/mol. The molecule has 2 N–H and O–H groups in total. The largest absolute Gasteiger partial charge is 0.481 e. The van der Waals surface area contributed by atoms with Crippen molar-refractivity contribution in [2.24, 2.45) is 5.41 Å². The van der Waals surface area contributed by atoms with E-state index in [0.29, 0.717) is 11.5 Å². The summed E-state index contributed by atoms with van der Waals surface area (Å²) in [6.07, 6.45) is -4.61. The van der Waals surface area contributed by atoms with Gasteiger partial charge in [-0.3, -0.25) is 4.79 Å². The smallest absolute Gasteiger partial charge is 0.452 e. The molecule has 0 radical (unpaired) electrons. The van der Waals surface area contributed by atoms with Gasteiger partial charge in [-0.05, 0) is 27.7 Å². The lowest BCUT2D eigenvalue weighted by atomic mass is 9.74. The van der Waals surface area contributed by atoms with Crippen LogP contribution in [0.1, 0.15) is 33.5 Å². The summed E-state index contributed by atoms with van der Waals surface area (Å²) in [6, 6.07) is 0. The number of nitrogens with zero attached hydrogens (tertiary/aromatic N) is 2. The first-order valence-corrected chi connectivity index (χ1v) is 6.08. The predicted molar refractivity (Wildman–Crippen MR) is 64.0 cm³/mol. The summed E-state index contributed by atoms with van der Waals surface area (Å²) < 4.78 is 40.3. The number of hydrogen-bond acceptors (Lipinski definition) is 5. The Morgan fingerprint density at radius 2 is 1.79 bits per heavy atom. The topological polar surface area (TPSA) is 75.1 Å². The van der Waals surface area contributed by atoms with Crippen molar-refractivity contribution >= 4 is 22.6 Å². The first-order valence-electron chi connectivity index (χ1n) is 5.30. The molecule has 0 unspecified atom stereocenters. The van der Waals surface area contributed by atoms with Crippen LogP contribution in [0.3, 0.4) is 0 Å². The third-order valence-corrected chi connectivity index (χ3v) is 3.83. The lowest BCUT2D eigenvalue weighted by molar-refractivity contribution is -0.149. The van der Waals surface area contributed by atoms with Gasteiger partial charge in [-0.2, -0.15) is 22.5 Å². The first kappa shape index (κ1) is 15.7. The maximum atomic E-state index is 12.4. The molecule has 1 aromatic rings. The molecule has 1 aromatic heterocycles. The second-order valence-corrected chi connectivity index (χ2v) is 5.85. The maximum absolute atomic E-state index is 12.4. The lowest BCUT2D eigenvalue weighted by Crippen LogP contribution is -2.50. The van der Waals surface area contributed by atoms with Crippen LogP contribution in [0.4, 0.5) is 18.3 Å². The van der Waals surface area contributed by atoms with Crippen LogP contribution in [-0.4, -0.2) is 26.0 Å². The highest BCUT2D eigenvalue weighted by molar-refractivity contribution is 7.09. The summed E-state index contributed by atoms with van der Waals surface area (Å²) in [6.45, 7) is 6.12. The molecule has 108 valence electrons. The Balaban J connectivity index is 2.96. The Kier molecular flexibility index (Phi) is 3.81. The van der Waals surface area contributed by atoms with Gasteiger partial charge in [0.15, 0.2) is 0 Å². The van der Waals surface area contributed by atoms with E-state index in [-0.39, 0.29) is 5.13 Å². The van der Waals surface area contributed by atoms with Crippen LogP contribution in [0.5, 0.6) is 0 Å². The number of anilines is 1. The molecule has 0 saturated heterocycles. The monoisotopic (exact) mass is 297 g/mol. The standard InChI is InChI=1S/C10H14F3N3O2S/c1-8(2,6(17)18)9(3,4)15-7-14-5(16-19-7)10(11,12)13/h1-4H3,(H,17,18)(H,14,15,16). The van der Waals surface area contributed by atoms with E-state index in [0.717, 1.165) is 0 Å². The second kappa shape index (κ2) is 4.62. The molecular formula is C10H14F3N3O2S. The average molecular weight is 297 g/mol. The molecule has 0 spiro atoms. The van der Waals surface area contributed by atoms with Crippen LogP contribution in [0.2, 0.25) is 0 Å². The van der Waals surface area contributed by atoms with Crippen molar-refractivity contribution in [1.82, 2.24) is 9.36 Å². The SMILES string of the molecule is CC(C)(Nc1nc(C(F)(F)F)ns1)C(C)(C)C(=O)O. The normalized spacial score (nSPS) is 13.4. The molecule has 0 amide bonds. The number of halogens is 3. The summed E-state index contributed by atoms with van der Waals surface area (Å²) in [7, 11) is 0. The van der Waals surface area contributed by atoms with E-state index in [4.69, 9.17) is 5.11 Å². The van der Waals surface area contributed by atoms with Crippen LogP contribution >= 0.6 is 11.5 Å². The molecule has 1 heterocycles. The molecule has 9 heteroatoms. The number of carboxylic acids is 1. The highest BCUT2D eigenvalue weighted by atomic mass is 32.1. The Morgan fingerprint density at radius 3 is 2.16 bits per heavy atom. The van der Waals surface area contributed by atoms with Crippen molar-refractivity contribution in [2.75, 3.05) is 5.32 Å². The molecule has 0 aliphatic heterocycles. The number of carboxylic acid groups (broad SMARTS) is 1. The summed E-state index contributed by atoms with van der Waals surface area (Å²) in [5.41, 5.74) is -2.20. The minimum Gasteiger partial charge on any atom is -0.481 e. The minimum atomic E-state index is -4.61. The van der Waals surface area contributed by atoms with E-state index in [1.165, 1.54) is 13.8 Å². The van der Waals surface area contributed by atoms with Gasteiger partial charge in [-0.25, -0.2) is 0 Å². The molecule has 0 saturated carbocycles. The van der Waals surface area contributed by atoms with Gasteiger partial charge in [-0.15, -0.1) is 0 Å². The number of alkyl halides is 3. The lowest BCUT2D eigenvalue weighted by Gasteiger charge is -2.38. The maximum Gasteiger partial charge on any atom is 0.452 e. The van der Waals surface area contributed by atoms with Crippen molar-refractivity contribution < 1.29 is 23.1 Å². The summed E-state index contributed by atoms with van der Waals surface area (Å²) in [5, 5.41) is 11.8. The Morgan fingerprint density at radius 1 is 1.26 bits per heavy atom. The van der Waals surface area contributed by atoms with E-state index in [1.807, 2.05) is 0 Å². The number of hydrogen-bond donors (Lipinski definition) is 2. The van der Waals surface area contributed by atoms with E-state index in [1.54, 1.807) is 13.8 Å². The molecule has 0 atom stereocenters. The number of nitrogens with one attached hydrogen (secondary N) is 1. The Labute approximate surface area is 112 Å². The average Bonchev–Trinajstić information content (AvgIpc) is 2.64. The summed E-state index contributed by atoms with van der Waals surface area (Å²) >= 11 is 0.546. The zero-order valence-corrected chi connectivity index (χ0v) is 11.6. The Bertz CT molecular complexity index is 483. The van der Waals surface area contributed by atoms with E-state index in [2.05, 4.69) is 14.7 Å². The van der Waals surface area contributed by atoms with Crippen LogP contribution in [-0.2, 0) is 11.0 Å². The van der Waals surface area contributed by atoms with Gasteiger partial charge in [0.2, 0.25) is 11.0 Å². The Hall–Kier alpha value is -1.38. The van der Waals surface area contributed by atoms with Crippen LogP contribution < -0.4 is 5.32 Å². The fourth-order valence-electron chi connectivity index (χ4n) is 1.08. The second-order valence-electron chi connectivity index (χ2n) is 5.10. The highest BCUT2D eigenvalue weighted by Gasteiger charge is 2.44. The highest BCUT2D eigenvalue weighted by Crippen LogP contribution is 2.35.